The smallest absolute Gasteiger partial charge is 0.241 e. The van der Waals surface area contributed by atoms with Crippen LogP contribution in [0.4, 0.5) is 0 Å². The van der Waals surface area contributed by atoms with E-state index in [9.17, 15) is 9.90 Å². The average Bonchev–Trinajstić information content (AvgIpc) is 3.08. The number of nitrogens with one attached hydrogen (secondary N) is 1. The van der Waals surface area contributed by atoms with Gasteiger partial charge in [-0.25, -0.2) is 5.43 Å². The highest BCUT2D eigenvalue weighted by atomic mass is 16.3. The van der Waals surface area contributed by atoms with Gasteiger partial charge in [-0.3, -0.25) is 4.79 Å². The number of benzene rings is 3. The van der Waals surface area contributed by atoms with Gasteiger partial charge in [0.15, 0.2) is 0 Å². The summed E-state index contributed by atoms with van der Waals surface area (Å²) in [6, 6.07) is 21.8. The maximum atomic E-state index is 12.3. The number of para-hydroxylation sites is 2. The molecule has 0 bridgehead atoms. The topological polar surface area (TPSA) is 66.6 Å². The number of carbonyl (C=O) groups excluding carboxylic acids is 1. The van der Waals surface area contributed by atoms with Crippen molar-refractivity contribution in [2.75, 3.05) is 0 Å². The van der Waals surface area contributed by atoms with Crippen molar-refractivity contribution in [2.24, 2.45) is 5.10 Å². The van der Waals surface area contributed by atoms with Crippen LogP contribution >= 0.6 is 0 Å². The van der Waals surface area contributed by atoms with Crippen LogP contribution in [0.3, 0.4) is 0 Å². The van der Waals surface area contributed by atoms with Gasteiger partial charge in [0, 0.05) is 40.3 Å². The summed E-state index contributed by atoms with van der Waals surface area (Å²) in [6.07, 6.45) is 4.21. The van der Waals surface area contributed by atoms with Gasteiger partial charge in [-0.15, -0.1) is 6.58 Å². The fraction of sp³-hybridized carbons (Fsp3) is 0.120. The molecule has 1 heterocycles. The molecule has 0 fully saturated rings. The molecule has 1 aromatic heterocycles. The maximum Gasteiger partial charge on any atom is 0.241 e. The molecular formula is C25H23N3O2. The lowest BCUT2D eigenvalue weighted by molar-refractivity contribution is -0.121. The molecule has 4 rings (SSSR count). The van der Waals surface area contributed by atoms with E-state index in [-0.39, 0.29) is 11.7 Å². The summed E-state index contributed by atoms with van der Waals surface area (Å²) in [5.74, 6) is -0.0616. The Bertz CT molecular complexity index is 1200. The molecule has 0 unspecified atom stereocenters. The Hall–Kier alpha value is -3.86. The predicted molar refractivity (Wildman–Crippen MR) is 122 cm³/mol. The van der Waals surface area contributed by atoms with E-state index in [0.29, 0.717) is 24.9 Å². The number of hydrogen-bond donors (Lipinski definition) is 2. The summed E-state index contributed by atoms with van der Waals surface area (Å²) < 4.78 is 2.16. The van der Waals surface area contributed by atoms with Crippen LogP contribution < -0.4 is 5.43 Å². The Balaban J connectivity index is 1.43. The number of phenolic OH excluding ortho intramolecular Hbond substituents is 1. The molecule has 0 radical (unpaired) electrons. The second kappa shape index (κ2) is 8.66. The van der Waals surface area contributed by atoms with E-state index in [2.05, 4.69) is 45.9 Å². The molecular weight excluding hydrogens is 374 g/mol. The fourth-order valence-corrected chi connectivity index (χ4v) is 3.68. The number of aromatic hydroxyl groups is 1. The molecule has 0 saturated carbocycles. The molecule has 3 aromatic carbocycles. The van der Waals surface area contributed by atoms with Crippen LogP contribution in [-0.4, -0.2) is 21.8 Å². The first-order valence-corrected chi connectivity index (χ1v) is 9.88. The molecule has 5 nitrogen and oxygen atoms in total. The Labute approximate surface area is 175 Å². The van der Waals surface area contributed by atoms with Crippen LogP contribution in [0.5, 0.6) is 5.75 Å². The van der Waals surface area contributed by atoms with Gasteiger partial charge >= 0.3 is 0 Å². The molecule has 2 N–H and O–H groups in total. The predicted octanol–water partition coefficient (Wildman–Crippen LogP) is 4.77. The highest BCUT2D eigenvalue weighted by molar-refractivity contribution is 6.08. The Morgan fingerprint density at radius 3 is 2.33 bits per heavy atom. The number of carbonyl (C=O) groups is 1. The molecule has 5 heteroatoms. The lowest BCUT2D eigenvalue weighted by Crippen LogP contribution is -2.19. The van der Waals surface area contributed by atoms with E-state index in [1.807, 2.05) is 30.3 Å². The van der Waals surface area contributed by atoms with Crippen molar-refractivity contribution in [2.45, 2.75) is 19.4 Å². The number of amides is 1. The van der Waals surface area contributed by atoms with Crippen molar-refractivity contribution in [3.63, 3.8) is 0 Å². The summed E-state index contributed by atoms with van der Waals surface area (Å²) in [4.78, 5) is 12.3. The third kappa shape index (κ3) is 3.96. The molecule has 0 spiro atoms. The highest BCUT2D eigenvalue weighted by Crippen LogP contribution is 2.28. The van der Waals surface area contributed by atoms with Crippen molar-refractivity contribution in [3.8, 4) is 5.75 Å². The third-order valence-corrected chi connectivity index (χ3v) is 5.11. The molecule has 0 aliphatic rings. The average molecular weight is 397 g/mol. The monoisotopic (exact) mass is 397 g/mol. The van der Waals surface area contributed by atoms with Gasteiger partial charge in [-0.1, -0.05) is 48.5 Å². The molecule has 0 aliphatic heterocycles. The zero-order chi connectivity index (χ0) is 20.9. The quantitative estimate of drug-likeness (QED) is 0.268. The Kier molecular flexibility index (Phi) is 5.61. The van der Waals surface area contributed by atoms with Gasteiger partial charge in [-0.2, -0.15) is 5.10 Å². The van der Waals surface area contributed by atoms with Crippen molar-refractivity contribution in [1.82, 2.24) is 9.99 Å². The molecule has 0 saturated heterocycles. The third-order valence-electron chi connectivity index (χ3n) is 5.11. The maximum absolute atomic E-state index is 12.3. The first-order chi connectivity index (χ1) is 14.7. The summed E-state index contributed by atoms with van der Waals surface area (Å²) in [7, 11) is 0. The van der Waals surface area contributed by atoms with Gasteiger partial charge < -0.3 is 9.67 Å². The first kappa shape index (κ1) is 19.5. The minimum Gasteiger partial charge on any atom is -0.507 e. The van der Waals surface area contributed by atoms with Crippen LogP contribution in [0.1, 0.15) is 17.5 Å². The summed E-state index contributed by atoms with van der Waals surface area (Å²) >= 11 is 0. The van der Waals surface area contributed by atoms with E-state index in [1.54, 1.807) is 18.2 Å². The van der Waals surface area contributed by atoms with E-state index in [0.717, 1.165) is 16.6 Å². The normalized spacial score (nSPS) is 11.3. The number of aromatic nitrogens is 1. The first-order valence-electron chi connectivity index (χ1n) is 9.88. The van der Waals surface area contributed by atoms with E-state index < -0.39 is 0 Å². The molecule has 1 amide bonds. The van der Waals surface area contributed by atoms with Crippen LogP contribution in [0.2, 0.25) is 0 Å². The number of fused-ring (bicyclic) bond motifs is 3. The van der Waals surface area contributed by atoms with Crippen LogP contribution in [0, 0.1) is 0 Å². The van der Waals surface area contributed by atoms with E-state index >= 15 is 0 Å². The van der Waals surface area contributed by atoms with Gasteiger partial charge in [0.1, 0.15) is 5.75 Å². The summed E-state index contributed by atoms with van der Waals surface area (Å²) in [5, 5.41) is 16.4. The Morgan fingerprint density at radius 1 is 1.03 bits per heavy atom. The number of hydrogen-bond acceptors (Lipinski definition) is 3. The second-order valence-electron chi connectivity index (χ2n) is 7.12. The van der Waals surface area contributed by atoms with Crippen molar-refractivity contribution in [3.05, 3.63) is 90.5 Å². The van der Waals surface area contributed by atoms with E-state index in [4.69, 9.17) is 0 Å². The van der Waals surface area contributed by atoms with Crippen molar-refractivity contribution < 1.29 is 9.90 Å². The van der Waals surface area contributed by atoms with Crippen LogP contribution in [0.15, 0.2) is 84.5 Å². The number of phenols is 1. The SMILES string of the molecule is C=CCc1ccc(/C=N\NC(=O)CCn2c3ccccc3c3ccccc32)c(O)c1. The lowest BCUT2D eigenvalue weighted by atomic mass is 10.1. The van der Waals surface area contributed by atoms with Crippen molar-refractivity contribution in [1.29, 1.82) is 0 Å². The number of allylic oxidation sites excluding steroid dienone is 1. The zero-order valence-corrected chi connectivity index (χ0v) is 16.6. The number of nitrogens with zero attached hydrogens (tertiary/aromatic N) is 2. The largest absolute Gasteiger partial charge is 0.507 e. The molecule has 0 atom stereocenters. The minimum atomic E-state index is -0.184. The number of hydrazone groups is 1. The van der Waals surface area contributed by atoms with E-state index in [1.165, 1.54) is 17.0 Å². The molecule has 30 heavy (non-hydrogen) atoms. The minimum absolute atomic E-state index is 0.123. The second-order valence-corrected chi connectivity index (χ2v) is 7.12. The summed E-state index contributed by atoms with van der Waals surface area (Å²) in [6.45, 7) is 4.24. The van der Waals surface area contributed by atoms with Crippen molar-refractivity contribution >= 4 is 33.9 Å². The molecule has 150 valence electrons. The van der Waals surface area contributed by atoms with Crippen LogP contribution in [0.25, 0.3) is 21.8 Å². The zero-order valence-electron chi connectivity index (χ0n) is 16.6. The Morgan fingerprint density at radius 2 is 1.70 bits per heavy atom. The standard InChI is InChI=1S/C25H23N3O2/c1-2-7-18-12-13-19(24(29)16-18)17-26-27-25(30)14-15-28-22-10-5-3-8-20(22)21-9-4-6-11-23(21)28/h2-6,8-13,16-17,29H,1,7,14-15H2,(H,27,30)/b26-17-. The lowest BCUT2D eigenvalue weighted by Gasteiger charge is -2.07. The van der Waals surface area contributed by atoms with Gasteiger partial charge in [0.05, 0.1) is 6.21 Å². The molecule has 0 aliphatic carbocycles. The van der Waals surface area contributed by atoms with Gasteiger partial charge in [0.2, 0.25) is 5.91 Å². The molecule has 4 aromatic rings. The number of rotatable bonds is 7. The van der Waals surface area contributed by atoms with Gasteiger partial charge in [0.25, 0.3) is 0 Å². The van der Waals surface area contributed by atoms with Crippen LogP contribution in [-0.2, 0) is 17.8 Å². The highest BCUT2D eigenvalue weighted by Gasteiger charge is 2.10. The van der Waals surface area contributed by atoms with Gasteiger partial charge in [-0.05, 0) is 36.2 Å². The number of aryl methyl sites for hydroxylation is 1. The summed E-state index contributed by atoms with van der Waals surface area (Å²) in [5.41, 5.74) is 6.28. The fourth-order valence-electron chi connectivity index (χ4n) is 3.68.